The molecule has 23 heteroatoms. The van der Waals surface area contributed by atoms with Gasteiger partial charge in [-0.15, -0.1) is 0 Å². The van der Waals surface area contributed by atoms with Crippen molar-refractivity contribution >= 4 is 23.8 Å². The number of hydrogen-bond donors (Lipinski definition) is 12. The number of aliphatic hydroxyl groups excluding tert-OH is 9. The summed E-state index contributed by atoms with van der Waals surface area (Å²) >= 11 is 0. The molecule has 3 saturated heterocycles. The Kier molecular flexibility index (Phi) is 20.0. The van der Waals surface area contributed by atoms with Crippen molar-refractivity contribution < 1.29 is 103 Å². The third-order valence-electron chi connectivity index (χ3n) is 10.1. The number of aliphatic hydroxyl groups is 9. The highest BCUT2D eigenvalue weighted by atomic mass is 16.8. The van der Waals surface area contributed by atoms with Crippen LogP contribution in [-0.2, 0) is 52.3 Å². The topological polar surface area (TPSA) is 359 Å². The van der Waals surface area contributed by atoms with Crippen molar-refractivity contribution in [1.29, 1.82) is 0 Å². The Hall–Kier alpha value is -2.72. The monoisotopic (exact) mass is 844 g/mol. The number of esters is 1. The zero-order valence-electron chi connectivity index (χ0n) is 32.6. The van der Waals surface area contributed by atoms with Gasteiger partial charge in [0.05, 0.1) is 39.1 Å². The molecule has 3 heterocycles. The van der Waals surface area contributed by atoms with Crippen molar-refractivity contribution in [2.45, 2.75) is 163 Å². The molecule has 0 aromatic heterocycles. The van der Waals surface area contributed by atoms with E-state index in [0.29, 0.717) is 19.3 Å². The number of rotatable bonds is 22. The molecule has 0 saturated carbocycles. The highest BCUT2D eigenvalue weighted by Gasteiger charge is 2.60. The van der Waals surface area contributed by atoms with Gasteiger partial charge < -0.3 is 94.9 Å². The molecule has 2 amide bonds. The first-order valence-electron chi connectivity index (χ1n) is 19.1. The Morgan fingerprint density at radius 2 is 1.36 bits per heavy atom. The Labute approximate surface area is 334 Å². The molecule has 0 spiro atoms. The van der Waals surface area contributed by atoms with Crippen LogP contribution >= 0.6 is 0 Å². The highest BCUT2D eigenvalue weighted by molar-refractivity contribution is 5.76. The van der Waals surface area contributed by atoms with Gasteiger partial charge in [0.2, 0.25) is 11.8 Å². The number of amides is 2. The van der Waals surface area contributed by atoms with Crippen LogP contribution in [0, 0.1) is 0 Å². The lowest BCUT2D eigenvalue weighted by atomic mass is 9.88. The lowest BCUT2D eigenvalue weighted by molar-refractivity contribution is -0.382. The standard InChI is InChI=1S/C35H60N2O21/c1-16(41)36-23-18(43)12-35(34(50)51,57-30(23)25(46)19(44)13-38)58-31-26(47)20(14-39)54-33(28(31)49)56-29-21(15-40)55-32(24(27(29)48)37-17(2)42)53-11-9-7-5-4-6-8-10-22(45)52-3/h18-21,23-33,38-40,43-44,46-49H,4-15H2,1-3H3,(H,36,41)(H,37,42)(H,50,51)/t18-,19+,20+,21+,23+,24+,25+,26-,27+,28+,29+,30+,31-,32+,33-,35-/m0/s1. The molecule has 0 unspecified atom stereocenters. The van der Waals surface area contributed by atoms with Crippen molar-refractivity contribution in [2.75, 3.05) is 33.5 Å². The summed E-state index contributed by atoms with van der Waals surface area (Å²) in [5.41, 5.74) is 0. The molecule has 16 atom stereocenters. The summed E-state index contributed by atoms with van der Waals surface area (Å²) in [4.78, 5) is 48.2. The summed E-state index contributed by atoms with van der Waals surface area (Å²) in [7, 11) is 1.33. The molecule has 0 radical (unpaired) electrons. The van der Waals surface area contributed by atoms with E-state index in [9.17, 15) is 70.2 Å². The van der Waals surface area contributed by atoms with Crippen LogP contribution in [0.4, 0.5) is 0 Å². The molecule has 3 aliphatic rings. The first-order chi connectivity index (χ1) is 27.4. The summed E-state index contributed by atoms with van der Waals surface area (Å²) in [5, 5.41) is 111. The second-order valence-corrected chi connectivity index (χ2v) is 14.5. The van der Waals surface area contributed by atoms with E-state index in [1.54, 1.807) is 0 Å². The van der Waals surface area contributed by atoms with Crippen LogP contribution < -0.4 is 10.6 Å². The van der Waals surface area contributed by atoms with E-state index < -0.39 is 142 Å². The predicted octanol–water partition coefficient (Wildman–Crippen LogP) is -5.15. The Bertz CT molecular complexity index is 1310. The summed E-state index contributed by atoms with van der Waals surface area (Å²) in [6.07, 6.45) is -20.1. The Morgan fingerprint density at radius 3 is 1.93 bits per heavy atom. The minimum absolute atomic E-state index is 0.128. The van der Waals surface area contributed by atoms with E-state index in [2.05, 4.69) is 15.4 Å². The molecule has 0 aliphatic carbocycles. The average Bonchev–Trinajstić information content (AvgIpc) is 3.18. The van der Waals surface area contributed by atoms with Crippen LogP contribution in [0.5, 0.6) is 0 Å². The van der Waals surface area contributed by atoms with E-state index in [1.165, 1.54) is 7.11 Å². The number of unbranched alkanes of at least 4 members (excludes halogenated alkanes) is 5. The predicted molar refractivity (Wildman–Crippen MR) is 190 cm³/mol. The zero-order valence-corrected chi connectivity index (χ0v) is 32.6. The number of carbonyl (C=O) groups is 4. The highest BCUT2D eigenvalue weighted by Crippen LogP contribution is 2.38. The van der Waals surface area contributed by atoms with Gasteiger partial charge in [-0.05, 0) is 12.8 Å². The molecule has 3 aliphatic heterocycles. The quantitative estimate of drug-likeness (QED) is 0.0358. The van der Waals surface area contributed by atoms with Gasteiger partial charge in [-0.3, -0.25) is 14.4 Å². The second kappa shape index (κ2) is 23.3. The number of carboxylic acid groups (broad SMARTS) is 1. The summed E-state index contributed by atoms with van der Waals surface area (Å²) < 4.78 is 39.1. The first kappa shape index (κ1) is 49.6. The van der Waals surface area contributed by atoms with Gasteiger partial charge in [0, 0.05) is 33.3 Å². The fraction of sp³-hybridized carbons (Fsp3) is 0.886. The van der Waals surface area contributed by atoms with E-state index >= 15 is 0 Å². The van der Waals surface area contributed by atoms with Gasteiger partial charge >= 0.3 is 11.9 Å². The minimum Gasteiger partial charge on any atom is -0.477 e. The first-order valence-corrected chi connectivity index (χ1v) is 19.1. The number of carbonyl (C=O) groups excluding carboxylic acids is 3. The number of aliphatic carboxylic acids is 1. The van der Waals surface area contributed by atoms with Gasteiger partial charge in [0.15, 0.2) is 12.6 Å². The number of nitrogens with one attached hydrogen (secondary N) is 2. The molecular formula is C35H60N2O21. The summed E-state index contributed by atoms with van der Waals surface area (Å²) in [5.74, 6) is -6.64. The molecule has 58 heavy (non-hydrogen) atoms. The molecule has 23 nitrogen and oxygen atoms in total. The summed E-state index contributed by atoms with van der Waals surface area (Å²) in [6, 6.07) is -2.87. The SMILES string of the molecule is COC(=O)CCCCCCCCO[C@@H]1O[C@H](CO)[C@@H](O[C@@H]2O[C@H](CO)[C@H](O)[C@H](O[C@]3(C(=O)O)C[C@H](O)[C@@H](NC(C)=O)[C@H]([C@H](O)[C@H](O)CO)O3)[C@H]2O)[C@H](O)[C@H]1NC(C)=O. The maximum atomic E-state index is 12.8. The maximum absolute atomic E-state index is 12.8. The van der Waals surface area contributed by atoms with Gasteiger partial charge in [0.25, 0.3) is 5.79 Å². The molecule has 3 fully saturated rings. The fourth-order valence-electron chi connectivity index (χ4n) is 7.07. The van der Waals surface area contributed by atoms with Crippen LogP contribution in [0.25, 0.3) is 0 Å². The van der Waals surface area contributed by atoms with Crippen molar-refractivity contribution in [1.82, 2.24) is 10.6 Å². The van der Waals surface area contributed by atoms with Gasteiger partial charge in [-0.1, -0.05) is 25.7 Å². The molecule has 12 N–H and O–H groups in total. The lowest BCUT2D eigenvalue weighted by Gasteiger charge is -2.51. The normalized spacial score (nSPS) is 36.4. The summed E-state index contributed by atoms with van der Waals surface area (Å²) in [6.45, 7) is -0.498. The Balaban J connectivity index is 1.79. The molecule has 0 aromatic rings. The third-order valence-corrected chi connectivity index (χ3v) is 10.1. The van der Waals surface area contributed by atoms with Gasteiger partial charge in [0.1, 0.15) is 67.1 Å². The van der Waals surface area contributed by atoms with Crippen molar-refractivity contribution in [3.63, 3.8) is 0 Å². The number of carboxylic acids is 1. The molecule has 0 aromatic carbocycles. The maximum Gasteiger partial charge on any atom is 0.364 e. The van der Waals surface area contributed by atoms with Crippen molar-refractivity contribution in [2.24, 2.45) is 0 Å². The van der Waals surface area contributed by atoms with E-state index in [1.807, 2.05) is 0 Å². The van der Waals surface area contributed by atoms with Crippen LogP contribution in [0.15, 0.2) is 0 Å². The molecule has 0 bridgehead atoms. The molecular weight excluding hydrogens is 784 g/mol. The minimum atomic E-state index is -3.05. The fourth-order valence-corrected chi connectivity index (χ4v) is 7.07. The van der Waals surface area contributed by atoms with E-state index in [-0.39, 0.29) is 12.6 Å². The number of methoxy groups -OCH3 is 1. The largest absolute Gasteiger partial charge is 0.477 e. The average molecular weight is 845 g/mol. The van der Waals surface area contributed by atoms with Crippen molar-refractivity contribution in [3.05, 3.63) is 0 Å². The van der Waals surface area contributed by atoms with Crippen molar-refractivity contribution in [3.8, 4) is 0 Å². The zero-order chi connectivity index (χ0) is 43.3. The smallest absolute Gasteiger partial charge is 0.364 e. The molecule has 3 rings (SSSR count). The van der Waals surface area contributed by atoms with E-state index in [0.717, 1.165) is 39.5 Å². The number of hydrogen-bond acceptors (Lipinski definition) is 20. The third kappa shape index (κ3) is 12.9. The second-order valence-electron chi connectivity index (χ2n) is 14.5. The molecule has 336 valence electrons. The lowest BCUT2D eigenvalue weighted by Crippen LogP contribution is -2.71. The Morgan fingerprint density at radius 1 is 0.776 bits per heavy atom. The van der Waals surface area contributed by atoms with Crippen LogP contribution in [0.3, 0.4) is 0 Å². The number of ether oxygens (including phenoxy) is 7. The van der Waals surface area contributed by atoms with Crippen LogP contribution in [0.2, 0.25) is 0 Å². The van der Waals surface area contributed by atoms with E-state index in [4.69, 9.17) is 28.4 Å². The van der Waals surface area contributed by atoms with Crippen LogP contribution in [-0.4, -0.2) is 206 Å². The van der Waals surface area contributed by atoms with Crippen LogP contribution in [0.1, 0.15) is 65.2 Å². The van der Waals surface area contributed by atoms with Gasteiger partial charge in [-0.2, -0.15) is 0 Å². The van der Waals surface area contributed by atoms with Gasteiger partial charge in [-0.25, -0.2) is 4.79 Å².